The molecule has 0 radical (unpaired) electrons. The lowest BCUT2D eigenvalue weighted by Crippen LogP contribution is -2.15. The van der Waals surface area contributed by atoms with Crippen molar-refractivity contribution in [2.45, 2.75) is 19.8 Å². The number of rotatable bonds is 36. The summed E-state index contributed by atoms with van der Waals surface area (Å²) in [5, 5.41) is 3.31. The van der Waals surface area contributed by atoms with Crippen molar-refractivity contribution in [3.05, 3.63) is 42.5 Å². The molecule has 1 rings (SSSR count). The zero-order valence-corrected chi connectivity index (χ0v) is 28.7. The standard InChI is InChI=1S/C34H57NO13/c1-3-5-10-35-32-8-6-31(7-9-32)34(37)48-30-28-46-26-24-44-22-20-42-18-16-40-14-12-38-11-13-39-15-17-41-19-21-43-23-25-45-27-29-47-33(36)4-2/h4,6-9,35H,2-3,5,10-30H2,1H3. The molecule has 276 valence electrons. The Morgan fingerprint density at radius 2 is 0.875 bits per heavy atom. The minimum absolute atomic E-state index is 0.185. The van der Waals surface area contributed by atoms with E-state index in [0.717, 1.165) is 31.1 Å². The molecule has 0 aliphatic carbocycles. The molecule has 1 N–H and O–H groups in total. The molecule has 0 aliphatic heterocycles. The third-order valence-corrected chi connectivity index (χ3v) is 6.06. The van der Waals surface area contributed by atoms with Gasteiger partial charge in [0.05, 0.1) is 124 Å². The molecule has 14 heteroatoms. The van der Waals surface area contributed by atoms with E-state index in [0.29, 0.717) is 124 Å². The molecule has 0 heterocycles. The summed E-state index contributed by atoms with van der Waals surface area (Å²) >= 11 is 0. The molecule has 14 nitrogen and oxygen atoms in total. The monoisotopic (exact) mass is 687 g/mol. The summed E-state index contributed by atoms with van der Waals surface area (Å²) in [6.07, 6.45) is 3.35. The van der Waals surface area contributed by atoms with Gasteiger partial charge >= 0.3 is 11.9 Å². The lowest BCUT2D eigenvalue weighted by atomic mass is 10.2. The Kier molecular flexibility index (Phi) is 30.9. The minimum Gasteiger partial charge on any atom is -0.460 e. The Balaban J connectivity index is 1.71. The molecule has 1 aromatic carbocycles. The van der Waals surface area contributed by atoms with E-state index in [1.165, 1.54) is 0 Å². The van der Waals surface area contributed by atoms with Gasteiger partial charge in [-0.1, -0.05) is 19.9 Å². The van der Waals surface area contributed by atoms with Crippen molar-refractivity contribution >= 4 is 17.6 Å². The van der Waals surface area contributed by atoms with Gasteiger partial charge in [-0.15, -0.1) is 0 Å². The van der Waals surface area contributed by atoms with E-state index in [9.17, 15) is 9.59 Å². The molecule has 0 unspecified atom stereocenters. The number of unbranched alkanes of at least 4 members (excludes halogenated alkanes) is 1. The average Bonchev–Trinajstić information content (AvgIpc) is 3.10. The maximum Gasteiger partial charge on any atom is 0.338 e. The zero-order chi connectivity index (χ0) is 34.6. The maximum absolute atomic E-state index is 12.1. The Morgan fingerprint density at radius 1 is 0.542 bits per heavy atom. The molecule has 0 saturated heterocycles. The fourth-order valence-corrected chi connectivity index (χ4v) is 3.53. The number of nitrogens with one attached hydrogen (secondary N) is 1. The van der Waals surface area contributed by atoms with Crippen LogP contribution in [-0.2, 0) is 56.9 Å². The van der Waals surface area contributed by atoms with Gasteiger partial charge in [-0.3, -0.25) is 0 Å². The first-order valence-electron chi connectivity index (χ1n) is 16.7. The highest BCUT2D eigenvalue weighted by molar-refractivity contribution is 5.89. The van der Waals surface area contributed by atoms with Crippen LogP contribution in [0.5, 0.6) is 0 Å². The molecular weight excluding hydrogens is 630 g/mol. The summed E-state index contributed by atoms with van der Waals surface area (Å²) in [5.41, 5.74) is 1.51. The SMILES string of the molecule is C=CC(=O)OCCOCCOCCOCCOCCOCCOCCOCCOCCOCCOC(=O)c1ccc(NCCCC)cc1. The number of benzene rings is 1. The van der Waals surface area contributed by atoms with Gasteiger partial charge in [0.1, 0.15) is 13.2 Å². The van der Waals surface area contributed by atoms with Crippen LogP contribution < -0.4 is 5.32 Å². The second-order valence-electron chi connectivity index (χ2n) is 9.88. The predicted octanol–water partition coefficient (Wildman–Crippen LogP) is 2.93. The third kappa shape index (κ3) is 28.4. The summed E-state index contributed by atoms with van der Waals surface area (Å²) in [6, 6.07) is 7.27. The van der Waals surface area contributed by atoms with E-state index in [1.54, 1.807) is 12.1 Å². The molecule has 0 atom stereocenters. The lowest BCUT2D eigenvalue weighted by molar-refractivity contribution is -0.139. The van der Waals surface area contributed by atoms with Gasteiger partial charge in [-0.25, -0.2) is 9.59 Å². The van der Waals surface area contributed by atoms with Crippen molar-refractivity contribution in [2.75, 3.05) is 144 Å². The van der Waals surface area contributed by atoms with Crippen molar-refractivity contribution in [3.63, 3.8) is 0 Å². The van der Waals surface area contributed by atoms with Crippen LogP contribution in [0.25, 0.3) is 0 Å². The first-order valence-corrected chi connectivity index (χ1v) is 16.7. The van der Waals surface area contributed by atoms with E-state index in [1.807, 2.05) is 12.1 Å². The fourth-order valence-electron chi connectivity index (χ4n) is 3.53. The fraction of sp³-hybridized carbons (Fsp3) is 0.706. The first-order chi connectivity index (χ1) is 23.7. The molecule has 0 aliphatic rings. The highest BCUT2D eigenvalue weighted by atomic mass is 16.6. The number of hydrogen-bond acceptors (Lipinski definition) is 14. The van der Waals surface area contributed by atoms with Crippen molar-refractivity contribution in [1.29, 1.82) is 0 Å². The quantitative estimate of drug-likeness (QED) is 0.0626. The Morgan fingerprint density at radius 3 is 1.21 bits per heavy atom. The first kappa shape index (κ1) is 43.4. The van der Waals surface area contributed by atoms with E-state index < -0.39 is 5.97 Å². The summed E-state index contributed by atoms with van der Waals surface area (Å²) in [6.45, 7) is 14.7. The summed E-state index contributed by atoms with van der Waals surface area (Å²) in [5.74, 6) is -0.828. The third-order valence-electron chi connectivity index (χ3n) is 6.06. The Bertz CT molecular complexity index is 888. The van der Waals surface area contributed by atoms with E-state index in [-0.39, 0.29) is 19.2 Å². The Hall–Kier alpha value is -2.66. The lowest BCUT2D eigenvalue weighted by Gasteiger charge is -2.09. The van der Waals surface area contributed by atoms with Crippen LogP contribution in [-0.4, -0.2) is 151 Å². The van der Waals surface area contributed by atoms with Gasteiger partial charge in [0.2, 0.25) is 0 Å². The minimum atomic E-state index is -0.463. The second kappa shape index (κ2) is 34.2. The van der Waals surface area contributed by atoms with E-state index in [4.69, 9.17) is 52.1 Å². The number of hydrogen-bond donors (Lipinski definition) is 1. The van der Waals surface area contributed by atoms with Crippen LogP contribution in [0, 0.1) is 0 Å². The van der Waals surface area contributed by atoms with E-state index >= 15 is 0 Å². The zero-order valence-electron chi connectivity index (χ0n) is 28.7. The number of carbonyl (C=O) groups excluding carboxylic acids is 2. The second-order valence-corrected chi connectivity index (χ2v) is 9.88. The molecule has 0 fully saturated rings. The van der Waals surface area contributed by atoms with Crippen LogP contribution in [0.3, 0.4) is 0 Å². The normalized spacial score (nSPS) is 11.0. The van der Waals surface area contributed by atoms with Gasteiger partial charge in [-0.05, 0) is 30.7 Å². The van der Waals surface area contributed by atoms with Crippen molar-refractivity contribution < 1.29 is 61.7 Å². The molecule has 1 aromatic rings. The van der Waals surface area contributed by atoms with Crippen LogP contribution in [0.15, 0.2) is 36.9 Å². The van der Waals surface area contributed by atoms with E-state index in [2.05, 4.69) is 18.8 Å². The summed E-state index contributed by atoms with van der Waals surface area (Å²) < 4.78 is 58.9. The molecule has 0 saturated carbocycles. The predicted molar refractivity (Wildman–Crippen MR) is 179 cm³/mol. The van der Waals surface area contributed by atoms with Crippen molar-refractivity contribution in [3.8, 4) is 0 Å². The average molecular weight is 688 g/mol. The summed E-state index contributed by atoms with van der Waals surface area (Å²) in [7, 11) is 0. The summed E-state index contributed by atoms with van der Waals surface area (Å²) in [4.78, 5) is 23.0. The van der Waals surface area contributed by atoms with Gasteiger partial charge in [0.15, 0.2) is 0 Å². The maximum atomic E-state index is 12.1. The molecule has 0 spiro atoms. The van der Waals surface area contributed by atoms with Crippen LogP contribution in [0.2, 0.25) is 0 Å². The molecule has 48 heavy (non-hydrogen) atoms. The molecule has 0 amide bonds. The molecule has 0 aromatic heterocycles. The number of esters is 2. The van der Waals surface area contributed by atoms with Crippen LogP contribution in [0.4, 0.5) is 5.69 Å². The molecule has 0 bridgehead atoms. The highest BCUT2D eigenvalue weighted by Gasteiger charge is 2.07. The number of ether oxygens (including phenoxy) is 11. The van der Waals surface area contributed by atoms with Crippen molar-refractivity contribution in [1.82, 2.24) is 0 Å². The van der Waals surface area contributed by atoms with Gasteiger partial charge in [0, 0.05) is 18.3 Å². The Labute approximate surface area is 285 Å². The highest BCUT2D eigenvalue weighted by Crippen LogP contribution is 2.10. The van der Waals surface area contributed by atoms with Crippen LogP contribution >= 0.6 is 0 Å². The van der Waals surface area contributed by atoms with Crippen LogP contribution in [0.1, 0.15) is 30.1 Å². The largest absolute Gasteiger partial charge is 0.460 e. The van der Waals surface area contributed by atoms with Gasteiger partial charge in [-0.2, -0.15) is 0 Å². The van der Waals surface area contributed by atoms with Crippen molar-refractivity contribution in [2.24, 2.45) is 0 Å². The number of anilines is 1. The van der Waals surface area contributed by atoms with Gasteiger partial charge in [0.25, 0.3) is 0 Å². The smallest absolute Gasteiger partial charge is 0.338 e. The van der Waals surface area contributed by atoms with Gasteiger partial charge < -0.3 is 57.4 Å². The topological polar surface area (TPSA) is 148 Å². The molecular formula is C34H57NO13. The number of carbonyl (C=O) groups is 2.